The van der Waals surface area contributed by atoms with Crippen LogP contribution in [0.15, 0.2) is 11.0 Å². The number of nitrogens with zero attached hydrogens (tertiary/aromatic N) is 1. The van der Waals surface area contributed by atoms with Crippen molar-refractivity contribution in [3.63, 3.8) is 0 Å². The first-order valence-electron chi connectivity index (χ1n) is 5.48. The van der Waals surface area contributed by atoms with Crippen LogP contribution in [0.25, 0.3) is 0 Å². The number of thioether (sulfide) groups is 1. The molecule has 0 bridgehead atoms. The molecule has 0 aliphatic carbocycles. The molecule has 2 rings (SSSR count). The third-order valence-electron chi connectivity index (χ3n) is 3.17. The zero-order valence-corrected chi connectivity index (χ0v) is 11.3. The van der Waals surface area contributed by atoms with Crippen LogP contribution in [0.3, 0.4) is 0 Å². The van der Waals surface area contributed by atoms with Gasteiger partial charge in [0.1, 0.15) is 5.60 Å². The molecule has 0 aromatic rings. The summed E-state index contributed by atoms with van der Waals surface area (Å²) in [5.74, 6) is 0.247. The lowest BCUT2D eigenvalue weighted by molar-refractivity contribution is -0.113. The number of nitriles is 1. The van der Waals surface area contributed by atoms with Crippen LogP contribution >= 0.6 is 11.8 Å². The fraction of sp³-hybridized carbons (Fsp3) is 0.667. The molecule has 2 heterocycles. The number of hydrogen-bond donors (Lipinski definition) is 1. The average Bonchev–Trinajstić information content (AvgIpc) is 2.49. The van der Waals surface area contributed by atoms with Crippen molar-refractivity contribution in [3.8, 4) is 6.07 Å². The Bertz CT molecular complexity index is 448. The highest BCUT2D eigenvalue weighted by molar-refractivity contribution is 8.04. The Kier molecular flexibility index (Phi) is 2.57. The number of allylic oxidation sites excluding steroid dienone is 1. The third kappa shape index (κ3) is 1.76. The van der Waals surface area contributed by atoms with Gasteiger partial charge in [-0.2, -0.15) is 5.26 Å². The van der Waals surface area contributed by atoms with Crippen molar-refractivity contribution in [3.05, 3.63) is 11.0 Å². The van der Waals surface area contributed by atoms with Crippen LogP contribution in [0.2, 0.25) is 0 Å². The van der Waals surface area contributed by atoms with E-state index in [1.165, 1.54) is 17.8 Å². The first-order chi connectivity index (χ1) is 7.72. The molecule has 17 heavy (non-hydrogen) atoms. The first kappa shape index (κ1) is 12.5. The third-order valence-corrected chi connectivity index (χ3v) is 5.05. The van der Waals surface area contributed by atoms with E-state index in [0.29, 0.717) is 6.42 Å². The fourth-order valence-corrected chi connectivity index (χ4v) is 3.70. The van der Waals surface area contributed by atoms with Gasteiger partial charge in [-0.25, -0.2) is 0 Å². The summed E-state index contributed by atoms with van der Waals surface area (Å²) in [6, 6.07) is 2.05. The van der Waals surface area contributed by atoms with Crippen molar-refractivity contribution < 1.29 is 9.47 Å². The standard InChI is InChI=1S/C12H16N2O2S/c1-10(2)8(5-6-13)17-12(16-10)7-9(14)15-11(12,3)4/h5,14H,7H2,1-4H3/b8-5+,14-9?. The second kappa shape index (κ2) is 3.50. The molecule has 0 aromatic carbocycles. The smallest absolute Gasteiger partial charge is 0.185 e. The summed E-state index contributed by atoms with van der Waals surface area (Å²) >= 11 is 1.51. The van der Waals surface area contributed by atoms with Crippen molar-refractivity contribution in [1.82, 2.24) is 0 Å². The molecule has 92 valence electrons. The molecule has 2 saturated heterocycles. The molecule has 4 nitrogen and oxygen atoms in total. The van der Waals surface area contributed by atoms with Crippen LogP contribution in [0.1, 0.15) is 34.1 Å². The maximum atomic E-state index is 8.80. The molecule has 0 amide bonds. The maximum Gasteiger partial charge on any atom is 0.185 e. The van der Waals surface area contributed by atoms with Gasteiger partial charge in [0.25, 0.3) is 0 Å². The molecule has 0 aromatic heterocycles. The van der Waals surface area contributed by atoms with Gasteiger partial charge < -0.3 is 9.47 Å². The summed E-state index contributed by atoms with van der Waals surface area (Å²) in [5.41, 5.74) is -1.05. The topological polar surface area (TPSA) is 66.1 Å². The van der Waals surface area contributed by atoms with Crippen molar-refractivity contribution in [1.29, 1.82) is 10.7 Å². The molecule has 2 aliphatic heterocycles. The van der Waals surface area contributed by atoms with Gasteiger partial charge in [0.05, 0.1) is 18.1 Å². The maximum absolute atomic E-state index is 8.80. The molecule has 2 aliphatic rings. The largest absolute Gasteiger partial charge is 0.471 e. The van der Waals surface area contributed by atoms with Crippen LogP contribution in [0.5, 0.6) is 0 Å². The van der Waals surface area contributed by atoms with E-state index < -0.39 is 16.1 Å². The Morgan fingerprint density at radius 1 is 1.41 bits per heavy atom. The molecule has 5 heteroatoms. The molecule has 0 saturated carbocycles. The second-order valence-electron chi connectivity index (χ2n) is 5.32. The van der Waals surface area contributed by atoms with Gasteiger partial charge in [-0.05, 0) is 27.7 Å². The second-order valence-corrected chi connectivity index (χ2v) is 6.62. The van der Waals surface area contributed by atoms with Gasteiger partial charge in [-0.1, -0.05) is 11.8 Å². The van der Waals surface area contributed by atoms with Crippen molar-refractivity contribution in [2.45, 2.75) is 50.3 Å². The Balaban J connectivity index is 2.42. The van der Waals surface area contributed by atoms with Gasteiger partial charge in [-0.15, -0.1) is 0 Å². The average molecular weight is 252 g/mol. The Labute approximate surface area is 105 Å². The van der Waals surface area contributed by atoms with Crippen LogP contribution < -0.4 is 0 Å². The van der Waals surface area contributed by atoms with Gasteiger partial charge in [0.2, 0.25) is 0 Å². The quantitative estimate of drug-likeness (QED) is 0.673. The Morgan fingerprint density at radius 2 is 2.06 bits per heavy atom. The molecule has 1 spiro atoms. The monoisotopic (exact) mass is 252 g/mol. The Hall–Kier alpha value is -0.990. The molecular formula is C12H16N2O2S. The molecule has 1 atom stereocenters. The minimum atomic E-state index is -0.587. The molecular weight excluding hydrogens is 236 g/mol. The summed E-state index contributed by atoms with van der Waals surface area (Å²) in [4.78, 5) is 0.308. The van der Waals surface area contributed by atoms with E-state index >= 15 is 0 Å². The van der Waals surface area contributed by atoms with Crippen molar-refractivity contribution in [2.24, 2.45) is 0 Å². The lowest BCUT2D eigenvalue weighted by Gasteiger charge is -2.34. The van der Waals surface area contributed by atoms with E-state index in [-0.39, 0.29) is 5.90 Å². The van der Waals surface area contributed by atoms with Crippen molar-refractivity contribution in [2.75, 3.05) is 0 Å². The summed E-state index contributed by atoms with van der Waals surface area (Å²) in [6.07, 6.45) is 1.97. The van der Waals surface area contributed by atoms with Gasteiger partial charge in [0, 0.05) is 11.0 Å². The van der Waals surface area contributed by atoms with Gasteiger partial charge in [-0.3, -0.25) is 5.41 Å². The minimum absolute atomic E-state index is 0.247. The van der Waals surface area contributed by atoms with Gasteiger partial charge >= 0.3 is 0 Å². The van der Waals surface area contributed by atoms with Crippen LogP contribution in [0.4, 0.5) is 0 Å². The zero-order valence-electron chi connectivity index (χ0n) is 10.5. The molecule has 0 radical (unpaired) electrons. The van der Waals surface area contributed by atoms with Crippen molar-refractivity contribution >= 4 is 17.7 Å². The highest BCUT2D eigenvalue weighted by atomic mass is 32.2. The molecule has 1 unspecified atom stereocenters. The zero-order chi connectivity index (χ0) is 12.9. The molecule has 2 fully saturated rings. The van der Waals surface area contributed by atoms with E-state index in [9.17, 15) is 0 Å². The summed E-state index contributed by atoms with van der Waals surface area (Å²) in [7, 11) is 0. The van der Waals surface area contributed by atoms with E-state index in [4.69, 9.17) is 20.1 Å². The Morgan fingerprint density at radius 3 is 2.53 bits per heavy atom. The SMILES string of the molecule is CC1(C)OC2(CC(=N)OC2(C)C)S/C1=C/C#N. The van der Waals surface area contributed by atoms with E-state index in [0.717, 1.165) is 4.91 Å². The van der Waals surface area contributed by atoms with Crippen LogP contribution in [-0.2, 0) is 9.47 Å². The normalized spacial score (nSPS) is 36.2. The van der Waals surface area contributed by atoms with E-state index in [1.54, 1.807) is 0 Å². The summed E-state index contributed by atoms with van der Waals surface area (Å²) < 4.78 is 11.7. The van der Waals surface area contributed by atoms with Gasteiger partial charge in [0.15, 0.2) is 10.8 Å². The van der Waals surface area contributed by atoms with Crippen LogP contribution in [-0.4, -0.2) is 22.0 Å². The predicted molar refractivity (Wildman–Crippen MR) is 66.7 cm³/mol. The first-order valence-corrected chi connectivity index (χ1v) is 6.30. The van der Waals surface area contributed by atoms with E-state index in [1.807, 2.05) is 27.7 Å². The molecule has 1 N–H and O–H groups in total. The predicted octanol–water partition coefficient (Wildman–Crippen LogP) is 2.81. The lowest BCUT2D eigenvalue weighted by Crippen LogP contribution is -2.45. The minimum Gasteiger partial charge on any atom is -0.471 e. The highest BCUT2D eigenvalue weighted by Gasteiger charge is 2.62. The number of ether oxygens (including phenoxy) is 2. The van der Waals surface area contributed by atoms with Crippen LogP contribution in [0, 0.1) is 16.7 Å². The summed E-state index contributed by atoms with van der Waals surface area (Å²) in [5, 5.41) is 16.5. The lowest BCUT2D eigenvalue weighted by atomic mass is 9.99. The number of rotatable bonds is 0. The number of nitrogens with one attached hydrogen (secondary N) is 1. The fourth-order valence-electron chi connectivity index (χ4n) is 2.21. The number of hydrogen-bond acceptors (Lipinski definition) is 5. The summed E-state index contributed by atoms with van der Waals surface area (Å²) in [6.45, 7) is 7.73. The van der Waals surface area contributed by atoms with E-state index in [2.05, 4.69) is 6.07 Å². The highest BCUT2D eigenvalue weighted by Crippen LogP contribution is 2.60.